The molecule has 0 spiro atoms. The molecular weight excluding hydrogens is 416 g/mol. The predicted molar refractivity (Wildman–Crippen MR) is 127 cm³/mol. The van der Waals surface area contributed by atoms with Gasteiger partial charge in [0.05, 0.1) is 16.8 Å². The number of pyridine rings is 1. The van der Waals surface area contributed by atoms with Crippen molar-refractivity contribution < 1.29 is 19.4 Å². The van der Waals surface area contributed by atoms with E-state index < -0.39 is 5.97 Å². The van der Waals surface area contributed by atoms with Crippen LogP contribution in [0.2, 0.25) is 0 Å². The van der Waals surface area contributed by atoms with E-state index in [1.807, 2.05) is 42.5 Å². The fraction of sp³-hybridized carbons (Fsp3) is 0.296. The molecule has 0 unspecified atom stereocenters. The summed E-state index contributed by atoms with van der Waals surface area (Å²) in [6.45, 7) is -0.281. The number of carbonyl (C=O) groups excluding carboxylic acids is 2. The maximum absolute atomic E-state index is 13.2. The van der Waals surface area contributed by atoms with Gasteiger partial charge in [-0.3, -0.25) is 4.79 Å². The molecule has 1 amide bonds. The molecule has 0 radical (unpaired) electrons. The van der Waals surface area contributed by atoms with Crippen LogP contribution < -0.4 is 5.32 Å². The average molecular weight is 443 g/mol. The number of allylic oxidation sites excluding steroid dienone is 1. The number of benzene rings is 2. The Bertz CT molecular complexity index is 1240. The Morgan fingerprint density at radius 3 is 2.61 bits per heavy atom. The van der Waals surface area contributed by atoms with Crippen LogP contribution >= 0.6 is 0 Å². The van der Waals surface area contributed by atoms with E-state index in [-0.39, 0.29) is 24.3 Å². The normalized spacial score (nSPS) is 16.8. The lowest BCUT2D eigenvalue weighted by atomic mass is 10.0. The second kappa shape index (κ2) is 9.06. The van der Waals surface area contributed by atoms with Gasteiger partial charge in [-0.25, -0.2) is 9.78 Å². The molecular formula is C27H26N2O4. The van der Waals surface area contributed by atoms with Gasteiger partial charge in [-0.05, 0) is 66.7 Å². The Labute approximate surface area is 192 Å². The van der Waals surface area contributed by atoms with Gasteiger partial charge >= 0.3 is 5.97 Å². The molecule has 168 valence electrons. The molecule has 2 N–H and O–H groups in total. The number of esters is 1. The van der Waals surface area contributed by atoms with Crippen molar-refractivity contribution in [3.05, 3.63) is 70.9 Å². The van der Waals surface area contributed by atoms with Crippen LogP contribution in [-0.4, -0.2) is 34.6 Å². The number of para-hydroxylation sites is 1. The van der Waals surface area contributed by atoms with Gasteiger partial charge in [-0.2, -0.15) is 0 Å². The van der Waals surface area contributed by atoms with Crippen LogP contribution in [0.15, 0.2) is 48.5 Å². The molecule has 0 saturated heterocycles. The van der Waals surface area contributed by atoms with Crippen molar-refractivity contribution in [1.82, 2.24) is 10.3 Å². The second-order valence-corrected chi connectivity index (χ2v) is 8.72. The maximum atomic E-state index is 13.2. The molecule has 0 bridgehead atoms. The van der Waals surface area contributed by atoms with Gasteiger partial charge in [-0.1, -0.05) is 43.2 Å². The maximum Gasteiger partial charge on any atom is 0.339 e. The predicted octanol–water partition coefficient (Wildman–Crippen LogP) is 4.64. The zero-order valence-corrected chi connectivity index (χ0v) is 18.3. The monoisotopic (exact) mass is 442 g/mol. The van der Waals surface area contributed by atoms with Crippen LogP contribution in [0.1, 0.15) is 59.3 Å². The molecule has 2 aliphatic carbocycles. The first-order valence-corrected chi connectivity index (χ1v) is 11.5. The lowest BCUT2D eigenvalue weighted by Crippen LogP contribution is -2.36. The number of phenols is 1. The summed E-state index contributed by atoms with van der Waals surface area (Å²) in [7, 11) is 0. The summed E-state index contributed by atoms with van der Waals surface area (Å²) in [5.41, 5.74) is 4.87. The molecule has 2 aliphatic rings. The van der Waals surface area contributed by atoms with Gasteiger partial charge in [0.1, 0.15) is 5.75 Å². The average Bonchev–Trinajstić information content (AvgIpc) is 3.47. The van der Waals surface area contributed by atoms with Crippen LogP contribution in [0.25, 0.3) is 22.6 Å². The molecule has 1 heterocycles. The van der Waals surface area contributed by atoms with Crippen LogP contribution in [0.3, 0.4) is 0 Å². The molecule has 5 rings (SSSR count). The summed E-state index contributed by atoms with van der Waals surface area (Å²) in [4.78, 5) is 30.3. The van der Waals surface area contributed by atoms with Crippen molar-refractivity contribution in [2.24, 2.45) is 0 Å². The van der Waals surface area contributed by atoms with E-state index >= 15 is 0 Å². The summed E-state index contributed by atoms with van der Waals surface area (Å²) >= 11 is 0. The number of fused-ring (bicyclic) bond motifs is 2. The number of aromatic hydroxyl groups is 1. The third-order valence-corrected chi connectivity index (χ3v) is 6.43. The standard InChI is InChI=1S/C27H26N2O4/c30-20-12-9-17(10-13-20)15-18-11-14-22-25(21-7-3-4-8-23(21)29-26(18)22)27(32)33-16-24(31)28-19-5-1-2-6-19/h3-4,7-10,12-13,15,19,30H,1-2,5-6,11,14,16H2,(H,28,31). The van der Waals surface area contributed by atoms with E-state index in [1.54, 1.807) is 12.1 Å². The molecule has 3 aromatic rings. The minimum Gasteiger partial charge on any atom is -0.508 e. The molecule has 0 aliphatic heterocycles. The van der Waals surface area contributed by atoms with E-state index in [0.29, 0.717) is 12.0 Å². The van der Waals surface area contributed by atoms with Gasteiger partial charge in [0.15, 0.2) is 6.61 Å². The Balaban J connectivity index is 1.44. The number of rotatable bonds is 5. The number of nitrogens with one attached hydrogen (secondary N) is 1. The summed E-state index contributed by atoms with van der Waals surface area (Å²) in [6.07, 6.45) is 7.69. The largest absolute Gasteiger partial charge is 0.508 e. The number of phenolic OH excluding ortho intramolecular Hbond substituents is 1. The highest BCUT2D eigenvalue weighted by Gasteiger charge is 2.28. The summed E-state index contributed by atoms with van der Waals surface area (Å²) in [5, 5.41) is 13.2. The van der Waals surface area contributed by atoms with Crippen LogP contribution in [0.5, 0.6) is 5.75 Å². The molecule has 1 aromatic heterocycles. The molecule has 1 fully saturated rings. The quantitative estimate of drug-likeness (QED) is 0.562. The number of hydrogen-bond acceptors (Lipinski definition) is 5. The van der Waals surface area contributed by atoms with E-state index in [9.17, 15) is 14.7 Å². The molecule has 6 heteroatoms. The number of carbonyl (C=O) groups is 2. The van der Waals surface area contributed by atoms with Crippen molar-refractivity contribution in [2.45, 2.75) is 44.6 Å². The van der Waals surface area contributed by atoms with Gasteiger partial charge in [0.2, 0.25) is 0 Å². The van der Waals surface area contributed by atoms with Crippen LogP contribution in [0.4, 0.5) is 0 Å². The van der Waals surface area contributed by atoms with E-state index in [2.05, 4.69) is 5.32 Å². The topological polar surface area (TPSA) is 88.5 Å². The Kier molecular flexibility index (Phi) is 5.82. The van der Waals surface area contributed by atoms with Crippen molar-refractivity contribution >= 4 is 34.4 Å². The lowest BCUT2D eigenvalue weighted by Gasteiger charge is -2.14. The van der Waals surface area contributed by atoms with Crippen LogP contribution in [-0.2, 0) is 16.0 Å². The van der Waals surface area contributed by atoms with E-state index in [0.717, 1.165) is 65.4 Å². The number of hydrogen-bond donors (Lipinski definition) is 2. The smallest absolute Gasteiger partial charge is 0.339 e. The van der Waals surface area contributed by atoms with Crippen LogP contribution in [0, 0.1) is 0 Å². The van der Waals surface area contributed by atoms with E-state index in [1.165, 1.54) is 0 Å². The van der Waals surface area contributed by atoms with E-state index in [4.69, 9.17) is 9.72 Å². The minimum atomic E-state index is -0.489. The third-order valence-electron chi connectivity index (χ3n) is 6.43. The van der Waals surface area contributed by atoms with Crippen molar-refractivity contribution in [2.75, 3.05) is 6.61 Å². The number of amides is 1. The molecule has 33 heavy (non-hydrogen) atoms. The fourth-order valence-corrected chi connectivity index (χ4v) is 4.83. The van der Waals surface area contributed by atoms with Crippen molar-refractivity contribution in [3.8, 4) is 5.75 Å². The first-order chi connectivity index (χ1) is 16.1. The van der Waals surface area contributed by atoms with Gasteiger partial charge in [0.25, 0.3) is 5.91 Å². The highest BCUT2D eigenvalue weighted by Crippen LogP contribution is 2.38. The van der Waals surface area contributed by atoms with Gasteiger partial charge < -0.3 is 15.2 Å². The molecule has 6 nitrogen and oxygen atoms in total. The zero-order valence-electron chi connectivity index (χ0n) is 18.3. The number of ether oxygens (including phenoxy) is 1. The minimum absolute atomic E-state index is 0.190. The Morgan fingerprint density at radius 2 is 1.82 bits per heavy atom. The third kappa shape index (κ3) is 4.46. The highest BCUT2D eigenvalue weighted by molar-refractivity contribution is 6.07. The highest BCUT2D eigenvalue weighted by atomic mass is 16.5. The SMILES string of the molecule is O=C(COC(=O)c1c2c(nc3ccccc13)C(=Cc1ccc(O)cc1)CC2)NC1CCCC1. The summed E-state index contributed by atoms with van der Waals surface area (Å²) in [5.74, 6) is -0.523. The summed E-state index contributed by atoms with van der Waals surface area (Å²) < 4.78 is 5.47. The Morgan fingerprint density at radius 1 is 1.06 bits per heavy atom. The molecule has 2 aromatic carbocycles. The fourth-order valence-electron chi connectivity index (χ4n) is 4.83. The van der Waals surface area contributed by atoms with Gasteiger partial charge in [0, 0.05) is 11.4 Å². The first kappa shape index (κ1) is 21.2. The first-order valence-electron chi connectivity index (χ1n) is 11.5. The van der Waals surface area contributed by atoms with Crippen molar-refractivity contribution in [1.29, 1.82) is 0 Å². The zero-order chi connectivity index (χ0) is 22.8. The summed E-state index contributed by atoms with van der Waals surface area (Å²) in [6, 6.07) is 14.7. The lowest BCUT2D eigenvalue weighted by molar-refractivity contribution is -0.124. The van der Waals surface area contributed by atoms with Gasteiger partial charge in [-0.15, -0.1) is 0 Å². The molecule has 0 atom stereocenters. The number of nitrogens with zero attached hydrogens (tertiary/aromatic N) is 1. The number of aromatic nitrogens is 1. The van der Waals surface area contributed by atoms with Crippen molar-refractivity contribution in [3.63, 3.8) is 0 Å². The Hall–Kier alpha value is -3.67. The second-order valence-electron chi connectivity index (χ2n) is 8.72. The molecule has 1 saturated carbocycles.